The van der Waals surface area contributed by atoms with Crippen LogP contribution in [0.25, 0.3) is 27.8 Å². The van der Waals surface area contributed by atoms with Crippen molar-refractivity contribution in [2.24, 2.45) is 0 Å². The number of nitrogens with zero attached hydrogens (tertiary/aromatic N) is 4. The van der Waals surface area contributed by atoms with Gasteiger partial charge in [0.2, 0.25) is 5.91 Å². The molecule has 1 N–H and O–H groups in total. The summed E-state index contributed by atoms with van der Waals surface area (Å²) in [6, 6.07) is 21.2. The second-order valence-electron chi connectivity index (χ2n) is 9.79. The second kappa shape index (κ2) is 9.48. The lowest BCUT2D eigenvalue weighted by molar-refractivity contribution is -0.124. The van der Waals surface area contributed by atoms with Crippen LogP contribution in [-0.2, 0) is 4.79 Å². The third-order valence-electron chi connectivity index (χ3n) is 6.00. The Morgan fingerprint density at radius 2 is 1.70 bits per heavy atom. The van der Waals surface area contributed by atoms with Gasteiger partial charge in [-0.25, -0.2) is 4.52 Å². The lowest BCUT2D eigenvalue weighted by atomic mass is 10.0. The van der Waals surface area contributed by atoms with Crippen LogP contribution in [0.15, 0.2) is 82.1 Å². The summed E-state index contributed by atoms with van der Waals surface area (Å²) in [7, 11) is 1.58. The molecule has 3 aromatic carbocycles. The summed E-state index contributed by atoms with van der Waals surface area (Å²) < 4.78 is 9.22. The summed E-state index contributed by atoms with van der Waals surface area (Å²) in [5, 5.41) is 11.8. The molecule has 0 fully saturated rings. The van der Waals surface area contributed by atoms with Gasteiger partial charge in [-0.1, -0.05) is 63.6 Å². The Morgan fingerprint density at radius 1 is 1.00 bits per heavy atom. The molecule has 8 nitrogen and oxygen atoms in total. The molecule has 2 aromatic heterocycles. The normalized spacial score (nSPS) is 12.6. The molecule has 0 radical (unpaired) electrons. The maximum atomic E-state index is 14.3. The van der Waals surface area contributed by atoms with Crippen LogP contribution in [0, 0.1) is 0 Å². The molecule has 0 aliphatic heterocycles. The van der Waals surface area contributed by atoms with Crippen LogP contribution in [0.5, 0.6) is 5.75 Å². The van der Waals surface area contributed by atoms with Gasteiger partial charge in [0.05, 0.1) is 18.1 Å². The van der Waals surface area contributed by atoms with Gasteiger partial charge in [0.25, 0.3) is 5.56 Å². The number of methoxy groups -OCH3 is 1. The Kier molecular flexibility index (Phi) is 6.33. The van der Waals surface area contributed by atoms with Crippen molar-refractivity contribution in [3.63, 3.8) is 0 Å². The molecule has 9 heteroatoms. The summed E-state index contributed by atoms with van der Waals surface area (Å²) in [5.41, 5.74) is 2.45. The number of hydrogen-bond donors (Lipinski definition) is 1. The van der Waals surface area contributed by atoms with Crippen molar-refractivity contribution in [2.45, 2.75) is 32.4 Å². The number of benzene rings is 3. The molecular weight excluding hydrogens is 534 g/mol. The monoisotopic (exact) mass is 559 g/mol. The number of halogens is 1. The van der Waals surface area contributed by atoms with Crippen LogP contribution in [0.1, 0.15) is 32.4 Å². The summed E-state index contributed by atoms with van der Waals surface area (Å²) >= 11 is 3.54. The molecule has 2 heterocycles. The molecule has 37 heavy (non-hydrogen) atoms. The van der Waals surface area contributed by atoms with Gasteiger partial charge in [-0.15, -0.1) is 5.10 Å². The number of carbonyl (C=O) groups excluding carboxylic acids is 1. The van der Waals surface area contributed by atoms with Crippen LogP contribution >= 0.6 is 15.9 Å². The predicted octanol–water partition coefficient (Wildman–Crippen LogP) is 4.99. The van der Waals surface area contributed by atoms with Crippen molar-refractivity contribution in [3.8, 4) is 17.0 Å². The van der Waals surface area contributed by atoms with E-state index in [1.54, 1.807) is 35.9 Å². The minimum atomic E-state index is -0.954. The molecule has 5 aromatic rings. The number of fused-ring (bicyclic) bond motifs is 3. The van der Waals surface area contributed by atoms with E-state index in [-0.39, 0.29) is 11.5 Å². The smallest absolute Gasteiger partial charge is 0.280 e. The van der Waals surface area contributed by atoms with Crippen LogP contribution in [0.4, 0.5) is 0 Å². The quantitative estimate of drug-likeness (QED) is 0.327. The van der Waals surface area contributed by atoms with Crippen molar-refractivity contribution >= 4 is 38.4 Å². The van der Waals surface area contributed by atoms with Gasteiger partial charge in [-0.05, 0) is 56.7 Å². The van der Waals surface area contributed by atoms with Gasteiger partial charge < -0.3 is 10.1 Å². The fourth-order valence-corrected chi connectivity index (χ4v) is 4.77. The SMILES string of the molecule is COc1ccc(C(C(=O)NC(C)(C)C)n2c(=O)c3c(-c4ccccc4)nnn3c3cc(Br)ccc32)cc1. The zero-order chi connectivity index (χ0) is 26.3. The van der Waals surface area contributed by atoms with Crippen molar-refractivity contribution in [1.82, 2.24) is 24.7 Å². The number of ether oxygens (including phenoxy) is 1. The highest BCUT2D eigenvalue weighted by molar-refractivity contribution is 9.10. The first-order chi connectivity index (χ1) is 17.7. The first-order valence-electron chi connectivity index (χ1n) is 11.8. The van der Waals surface area contributed by atoms with Gasteiger partial charge in [0, 0.05) is 15.6 Å². The number of aromatic nitrogens is 4. The Labute approximate surface area is 222 Å². The number of nitrogens with one attached hydrogen (secondary N) is 1. The third-order valence-corrected chi connectivity index (χ3v) is 6.49. The van der Waals surface area contributed by atoms with Gasteiger partial charge in [-0.3, -0.25) is 14.2 Å². The Morgan fingerprint density at radius 3 is 2.35 bits per heavy atom. The molecule has 1 unspecified atom stereocenters. The molecule has 0 saturated carbocycles. The Balaban J connectivity index is 1.87. The molecule has 0 saturated heterocycles. The highest BCUT2D eigenvalue weighted by Gasteiger charge is 2.30. The molecule has 188 valence electrons. The van der Waals surface area contributed by atoms with E-state index in [9.17, 15) is 9.59 Å². The van der Waals surface area contributed by atoms with E-state index < -0.39 is 11.6 Å². The van der Waals surface area contributed by atoms with Crippen LogP contribution < -0.4 is 15.6 Å². The standard InChI is InChI=1S/C28H26BrN5O3/c1-28(2,3)30-26(35)24(18-10-13-20(37-4)14-11-18)33-21-15-12-19(29)16-22(21)34-25(27(33)36)23(31-32-34)17-8-6-5-7-9-17/h5-16,24H,1-4H3,(H,30,35). The molecule has 0 bridgehead atoms. The second-order valence-corrected chi connectivity index (χ2v) is 10.7. The van der Waals surface area contributed by atoms with Crippen LogP contribution in [0.3, 0.4) is 0 Å². The molecule has 1 amide bonds. The molecule has 0 aliphatic rings. The van der Waals surface area contributed by atoms with E-state index in [4.69, 9.17) is 4.74 Å². The lowest BCUT2D eigenvalue weighted by Gasteiger charge is -2.27. The molecule has 0 spiro atoms. The minimum absolute atomic E-state index is 0.291. The minimum Gasteiger partial charge on any atom is -0.497 e. The van der Waals surface area contributed by atoms with E-state index in [0.29, 0.717) is 33.6 Å². The fraction of sp³-hybridized carbons (Fsp3) is 0.214. The highest BCUT2D eigenvalue weighted by atomic mass is 79.9. The van der Waals surface area contributed by atoms with E-state index in [0.717, 1.165) is 10.0 Å². The Bertz CT molecular complexity index is 1670. The van der Waals surface area contributed by atoms with Crippen molar-refractivity contribution in [2.75, 3.05) is 7.11 Å². The van der Waals surface area contributed by atoms with Crippen molar-refractivity contribution in [1.29, 1.82) is 0 Å². The lowest BCUT2D eigenvalue weighted by Crippen LogP contribution is -2.46. The first-order valence-corrected chi connectivity index (χ1v) is 12.6. The van der Waals surface area contributed by atoms with Crippen LogP contribution in [-0.4, -0.2) is 38.0 Å². The summed E-state index contributed by atoms with van der Waals surface area (Å²) in [5.74, 6) is 0.351. The third kappa shape index (κ3) is 4.62. The molecular formula is C28H26BrN5O3. The van der Waals surface area contributed by atoms with E-state index >= 15 is 0 Å². The number of amides is 1. The molecule has 0 aliphatic carbocycles. The van der Waals surface area contributed by atoms with E-state index in [2.05, 4.69) is 31.6 Å². The molecule has 1 atom stereocenters. The predicted molar refractivity (Wildman–Crippen MR) is 147 cm³/mol. The van der Waals surface area contributed by atoms with Crippen molar-refractivity contribution in [3.05, 3.63) is 93.2 Å². The highest BCUT2D eigenvalue weighted by Crippen LogP contribution is 2.29. The number of hydrogen-bond acceptors (Lipinski definition) is 5. The van der Waals surface area contributed by atoms with Gasteiger partial charge in [0.15, 0.2) is 5.52 Å². The fourth-order valence-electron chi connectivity index (χ4n) is 4.42. The summed E-state index contributed by atoms with van der Waals surface area (Å²) in [4.78, 5) is 28.2. The van der Waals surface area contributed by atoms with Gasteiger partial charge in [-0.2, -0.15) is 0 Å². The van der Waals surface area contributed by atoms with Gasteiger partial charge >= 0.3 is 0 Å². The first kappa shape index (κ1) is 24.7. The van der Waals surface area contributed by atoms with E-state index in [1.165, 1.54) is 4.57 Å². The average molecular weight is 560 g/mol. The van der Waals surface area contributed by atoms with Crippen molar-refractivity contribution < 1.29 is 9.53 Å². The Hall–Kier alpha value is -3.98. The maximum absolute atomic E-state index is 14.3. The average Bonchev–Trinajstić information content (AvgIpc) is 3.32. The van der Waals surface area contributed by atoms with E-state index in [1.807, 2.05) is 69.3 Å². The van der Waals surface area contributed by atoms with Gasteiger partial charge in [0.1, 0.15) is 17.5 Å². The number of rotatable bonds is 5. The number of carbonyl (C=O) groups is 1. The topological polar surface area (TPSA) is 90.5 Å². The largest absolute Gasteiger partial charge is 0.497 e. The molecule has 5 rings (SSSR count). The summed E-state index contributed by atoms with van der Waals surface area (Å²) in [6.45, 7) is 5.72. The zero-order valence-electron chi connectivity index (χ0n) is 20.9. The maximum Gasteiger partial charge on any atom is 0.280 e. The zero-order valence-corrected chi connectivity index (χ0v) is 22.5. The summed E-state index contributed by atoms with van der Waals surface area (Å²) in [6.07, 6.45) is 0. The van der Waals surface area contributed by atoms with Crippen LogP contribution in [0.2, 0.25) is 0 Å².